The molecule has 3 nitrogen and oxygen atoms in total. The van der Waals surface area contributed by atoms with E-state index in [4.69, 9.17) is 0 Å². The summed E-state index contributed by atoms with van der Waals surface area (Å²) in [6, 6.07) is 73.4. The van der Waals surface area contributed by atoms with Crippen molar-refractivity contribution in [3.8, 4) is 16.8 Å². The Bertz CT molecular complexity index is 3510. The van der Waals surface area contributed by atoms with E-state index in [0.717, 1.165) is 29.6 Å². The monoisotopic (exact) mass is 931 g/mol. The third-order valence-corrected chi connectivity index (χ3v) is 21.1. The van der Waals surface area contributed by atoms with Gasteiger partial charge in [0.1, 0.15) is 0 Å². The number of hydrogen-bond donors (Lipinski definition) is 0. The van der Waals surface area contributed by atoms with Crippen LogP contribution in [0, 0.1) is 47.3 Å². The summed E-state index contributed by atoms with van der Waals surface area (Å²) in [6.45, 7) is 0. The zero-order valence-corrected chi connectivity index (χ0v) is 41.1. The summed E-state index contributed by atoms with van der Waals surface area (Å²) in [4.78, 5) is 5.26. The third-order valence-electron chi connectivity index (χ3n) is 21.1. The second kappa shape index (κ2) is 14.9. The summed E-state index contributed by atoms with van der Waals surface area (Å²) in [5.41, 5.74) is 20.4. The number of rotatable bonds is 4. The molecule has 352 valence electrons. The van der Waals surface area contributed by atoms with Gasteiger partial charge in [0.05, 0.1) is 33.8 Å². The van der Waals surface area contributed by atoms with Gasteiger partial charge in [0.25, 0.3) is 0 Å². The third kappa shape index (κ3) is 5.37. The first kappa shape index (κ1) is 40.7. The molecule has 0 N–H and O–H groups in total. The van der Waals surface area contributed by atoms with Gasteiger partial charge in [0.15, 0.2) is 0 Å². The van der Waals surface area contributed by atoms with Crippen molar-refractivity contribution in [2.75, 3.05) is 9.80 Å². The van der Waals surface area contributed by atoms with E-state index in [-0.39, 0.29) is 10.8 Å². The minimum atomic E-state index is 0.0565. The minimum absolute atomic E-state index is 0.0565. The number of anilines is 6. The van der Waals surface area contributed by atoms with Crippen LogP contribution < -0.4 is 9.80 Å². The zero-order valence-electron chi connectivity index (χ0n) is 41.1. The average molecular weight is 932 g/mol. The molecular weight excluding hydrogens is 871 g/mol. The SMILES string of the molecule is c1ccc2c(c1)N(c1ccc(-c3cc(N4c5ccccc5C5(c6ccccc64)C4CC6CC(C4)CC5C6)cc(-n4c5ccccc5c5ccccc54)c3)cc1)c1ccccc1C21CC2CC[C@H]3CC1C[C@@H]2C3. The summed E-state index contributed by atoms with van der Waals surface area (Å²) in [5, 5.41) is 2.57. The molecule has 3 heteroatoms. The second-order valence-electron chi connectivity index (χ2n) is 24.1. The Labute approximate surface area is 424 Å². The number of nitrogens with zero attached hydrogens (tertiary/aromatic N) is 3. The largest absolute Gasteiger partial charge is 0.310 e. The number of hydrogen-bond acceptors (Lipinski definition) is 2. The number of benzene rings is 8. The van der Waals surface area contributed by atoms with Crippen LogP contribution in [-0.2, 0) is 10.8 Å². The average Bonchev–Trinajstić information content (AvgIpc) is 3.77. The molecule has 9 aromatic rings. The van der Waals surface area contributed by atoms with Gasteiger partial charge >= 0.3 is 0 Å². The molecule has 4 atom stereocenters. The predicted molar refractivity (Wildman–Crippen MR) is 296 cm³/mol. The highest BCUT2D eigenvalue weighted by atomic mass is 15.2. The van der Waals surface area contributed by atoms with Crippen LogP contribution in [0.2, 0.25) is 0 Å². The molecule has 0 saturated heterocycles. The molecule has 0 radical (unpaired) electrons. The fourth-order valence-corrected chi connectivity index (χ4v) is 18.8. The maximum atomic E-state index is 2.65. The molecule has 1 aromatic heterocycles. The highest BCUT2D eigenvalue weighted by Gasteiger charge is 2.62. The molecule has 2 unspecified atom stereocenters. The molecule has 9 aliphatic rings. The van der Waals surface area contributed by atoms with E-state index in [2.05, 4.69) is 202 Å². The lowest BCUT2D eigenvalue weighted by Gasteiger charge is -2.64. The van der Waals surface area contributed by atoms with Crippen molar-refractivity contribution in [2.45, 2.75) is 81.5 Å². The summed E-state index contributed by atoms with van der Waals surface area (Å²) in [6.07, 6.45) is 15.4. The summed E-state index contributed by atoms with van der Waals surface area (Å²) in [5.74, 6) is 6.54. The first-order valence-corrected chi connectivity index (χ1v) is 27.8. The number of fused-ring (bicyclic) bond motifs is 12. The summed E-state index contributed by atoms with van der Waals surface area (Å²) < 4.78 is 2.52. The molecule has 0 amide bonds. The lowest BCUT2D eigenvalue weighted by molar-refractivity contribution is -0.0419. The van der Waals surface area contributed by atoms with Crippen molar-refractivity contribution in [3.05, 3.63) is 210 Å². The first-order chi connectivity index (χ1) is 35.6. The van der Waals surface area contributed by atoms with Crippen LogP contribution >= 0.6 is 0 Å². The topological polar surface area (TPSA) is 11.4 Å². The van der Waals surface area contributed by atoms with Gasteiger partial charge in [-0.05, 0) is 212 Å². The normalized spacial score (nSPS) is 27.3. The minimum Gasteiger partial charge on any atom is -0.310 e. The predicted octanol–water partition coefficient (Wildman–Crippen LogP) is 17.9. The molecule has 7 saturated carbocycles. The fourth-order valence-electron chi connectivity index (χ4n) is 18.8. The first-order valence-electron chi connectivity index (χ1n) is 27.8. The Morgan fingerprint density at radius 3 is 1.46 bits per heavy atom. The van der Waals surface area contributed by atoms with Gasteiger partial charge in [-0.25, -0.2) is 0 Å². The van der Waals surface area contributed by atoms with Gasteiger partial charge in [-0.15, -0.1) is 0 Å². The van der Waals surface area contributed by atoms with Gasteiger partial charge in [-0.3, -0.25) is 0 Å². The highest BCUT2D eigenvalue weighted by Crippen LogP contribution is 2.70. The molecule has 3 heterocycles. The zero-order chi connectivity index (χ0) is 46.9. The van der Waals surface area contributed by atoms with Crippen molar-refractivity contribution >= 4 is 55.9 Å². The van der Waals surface area contributed by atoms with Crippen molar-refractivity contribution in [1.29, 1.82) is 0 Å². The molecule has 8 aromatic carbocycles. The van der Waals surface area contributed by atoms with E-state index in [1.54, 1.807) is 22.3 Å². The fraction of sp³-hybridized carbons (Fsp3) is 0.304. The Balaban J connectivity index is 0.841. The van der Waals surface area contributed by atoms with E-state index in [1.165, 1.54) is 143 Å². The van der Waals surface area contributed by atoms with Crippen molar-refractivity contribution in [2.24, 2.45) is 47.3 Å². The van der Waals surface area contributed by atoms with Crippen LogP contribution in [0.5, 0.6) is 0 Å². The van der Waals surface area contributed by atoms with Crippen LogP contribution in [0.15, 0.2) is 188 Å². The summed E-state index contributed by atoms with van der Waals surface area (Å²) >= 11 is 0. The van der Waals surface area contributed by atoms with E-state index < -0.39 is 0 Å². The molecular formula is C69H61N3. The van der Waals surface area contributed by atoms with Crippen molar-refractivity contribution in [1.82, 2.24) is 4.57 Å². The van der Waals surface area contributed by atoms with Crippen LogP contribution in [0.25, 0.3) is 38.6 Å². The van der Waals surface area contributed by atoms with Gasteiger partial charge in [-0.2, -0.15) is 0 Å². The number of aromatic nitrogens is 1. The molecule has 7 bridgehead atoms. The molecule has 2 aliphatic heterocycles. The maximum Gasteiger partial charge on any atom is 0.0541 e. The van der Waals surface area contributed by atoms with Crippen LogP contribution in [0.1, 0.15) is 92.9 Å². The Kier molecular flexibility index (Phi) is 8.41. The van der Waals surface area contributed by atoms with Gasteiger partial charge in [-0.1, -0.05) is 128 Å². The molecule has 7 fully saturated rings. The quantitative estimate of drug-likeness (QED) is 0.174. The molecule has 18 rings (SSSR count). The van der Waals surface area contributed by atoms with E-state index >= 15 is 0 Å². The van der Waals surface area contributed by atoms with E-state index in [1.807, 2.05) is 0 Å². The lowest BCUT2D eigenvalue weighted by Crippen LogP contribution is -2.57. The Hall–Kier alpha value is -6.84. The van der Waals surface area contributed by atoms with Crippen molar-refractivity contribution in [3.63, 3.8) is 0 Å². The van der Waals surface area contributed by atoms with Gasteiger partial charge in [0.2, 0.25) is 0 Å². The Morgan fingerprint density at radius 2 is 0.847 bits per heavy atom. The second-order valence-corrected chi connectivity index (χ2v) is 24.1. The van der Waals surface area contributed by atoms with Crippen LogP contribution in [0.4, 0.5) is 34.1 Å². The highest BCUT2D eigenvalue weighted by molar-refractivity contribution is 6.09. The van der Waals surface area contributed by atoms with E-state index in [0.29, 0.717) is 17.8 Å². The van der Waals surface area contributed by atoms with Crippen LogP contribution in [0.3, 0.4) is 0 Å². The van der Waals surface area contributed by atoms with Gasteiger partial charge in [0, 0.05) is 38.7 Å². The smallest absolute Gasteiger partial charge is 0.0541 e. The molecule has 7 aliphatic carbocycles. The maximum absolute atomic E-state index is 2.65. The standard InChI is InChI=1S/C69H61N3/c1-7-19-62-56(13-1)57-14-2-8-20-63(57)71(62)54-39-49(40-55(41-54)72-66-23-11-5-17-60(66)69(61-18-6-12-24-67(61)72)51-34-44-31-45(36-51)37-52(69)35-44)46-27-29-53(30-28-46)70-64-21-9-3-15-58(64)68(59-16-4-10-22-65(59)70)42-47-26-25-43-32-48(47)38-50(68)33-43/h1-24,27-30,39-41,43-45,47-48,50-52H,25-26,31-38,42H2/t43-,44?,45?,47?,48+,50?,51?,52?/m1/s1. The molecule has 72 heavy (non-hydrogen) atoms. The number of para-hydroxylation sites is 6. The summed E-state index contributed by atoms with van der Waals surface area (Å²) in [7, 11) is 0. The van der Waals surface area contributed by atoms with Crippen molar-refractivity contribution < 1.29 is 0 Å². The van der Waals surface area contributed by atoms with Gasteiger partial charge < -0.3 is 14.4 Å². The molecule has 2 spiro atoms. The lowest BCUT2D eigenvalue weighted by atomic mass is 9.41. The van der Waals surface area contributed by atoms with Crippen LogP contribution in [-0.4, -0.2) is 4.57 Å². The Morgan fingerprint density at radius 1 is 0.347 bits per heavy atom. The van der Waals surface area contributed by atoms with E-state index in [9.17, 15) is 0 Å².